The highest BCUT2D eigenvalue weighted by atomic mass is 32.2. The number of nitrogens with zero attached hydrogens (tertiary/aromatic N) is 2. The van der Waals surface area contributed by atoms with E-state index in [0.717, 1.165) is 11.6 Å². The number of hydrogen-bond donors (Lipinski definition) is 1. The van der Waals surface area contributed by atoms with Crippen LogP contribution in [0.25, 0.3) is 0 Å². The summed E-state index contributed by atoms with van der Waals surface area (Å²) in [7, 11) is 0. The van der Waals surface area contributed by atoms with E-state index in [9.17, 15) is 4.79 Å². The van der Waals surface area contributed by atoms with Gasteiger partial charge in [0.25, 0.3) is 0 Å². The molecular formula is C16H25N3OS. The molecule has 4 nitrogen and oxygen atoms in total. The van der Waals surface area contributed by atoms with Crippen molar-refractivity contribution in [2.45, 2.75) is 63.2 Å². The largest absolute Gasteiger partial charge is 0.352 e. The fourth-order valence-electron chi connectivity index (χ4n) is 3.21. The molecule has 0 aromatic carbocycles. The molecule has 2 saturated carbocycles. The summed E-state index contributed by atoms with van der Waals surface area (Å²) in [5.74, 6) is 1.92. The summed E-state index contributed by atoms with van der Waals surface area (Å²) in [4.78, 5) is 16.6. The molecule has 21 heavy (non-hydrogen) atoms. The molecule has 3 rings (SSSR count). The molecule has 5 heteroatoms. The lowest BCUT2D eigenvalue weighted by Crippen LogP contribution is -2.44. The molecule has 1 aromatic heterocycles. The lowest BCUT2D eigenvalue weighted by atomic mass is 9.78. The van der Waals surface area contributed by atoms with Crippen molar-refractivity contribution < 1.29 is 4.79 Å². The highest BCUT2D eigenvalue weighted by Crippen LogP contribution is 2.37. The Morgan fingerprint density at radius 2 is 2.19 bits per heavy atom. The summed E-state index contributed by atoms with van der Waals surface area (Å²) >= 11 is 1.56. The van der Waals surface area contributed by atoms with Crippen molar-refractivity contribution in [3.05, 3.63) is 12.4 Å². The van der Waals surface area contributed by atoms with Crippen molar-refractivity contribution in [1.82, 2.24) is 14.9 Å². The molecule has 0 radical (unpaired) electrons. The van der Waals surface area contributed by atoms with E-state index in [1.165, 1.54) is 25.7 Å². The number of amides is 1. The Bertz CT molecular complexity index is 497. The summed E-state index contributed by atoms with van der Waals surface area (Å²) in [6.45, 7) is 4.56. The second-order valence-electron chi connectivity index (χ2n) is 6.58. The van der Waals surface area contributed by atoms with E-state index in [1.54, 1.807) is 11.8 Å². The maximum Gasteiger partial charge on any atom is 0.230 e. The van der Waals surface area contributed by atoms with Crippen LogP contribution >= 0.6 is 11.8 Å². The summed E-state index contributed by atoms with van der Waals surface area (Å²) in [5.41, 5.74) is 0. The minimum absolute atomic E-state index is 0.149. The molecule has 0 bridgehead atoms. The van der Waals surface area contributed by atoms with E-state index in [0.29, 0.717) is 29.7 Å². The first-order valence-corrected chi connectivity index (χ1v) is 9.08. The Morgan fingerprint density at radius 1 is 1.38 bits per heavy atom. The Balaban J connectivity index is 1.49. The number of carbonyl (C=O) groups excluding carboxylic acids is 1. The average Bonchev–Trinajstić information content (AvgIpc) is 3.20. The predicted molar refractivity (Wildman–Crippen MR) is 85.3 cm³/mol. The molecule has 2 fully saturated rings. The lowest BCUT2D eigenvalue weighted by Gasteiger charge is -2.34. The zero-order valence-corrected chi connectivity index (χ0v) is 13.7. The van der Waals surface area contributed by atoms with E-state index >= 15 is 0 Å². The SMILES string of the molecule is C[C@@H]1[C@H](C)CCC[C@@H]1NC(=O)CSc1nccn1C1CC1. The third-order valence-corrected chi connectivity index (χ3v) is 5.94. The highest BCUT2D eigenvalue weighted by Gasteiger charge is 2.29. The quantitative estimate of drug-likeness (QED) is 0.849. The number of carbonyl (C=O) groups is 1. The summed E-state index contributed by atoms with van der Waals surface area (Å²) in [6.07, 6.45) is 10.0. The van der Waals surface area contributed by atoms with Crippen LogP contribution in [0.3, 0.4) is 0 Å². The van der Waals surface area contributed by atoms with E-state index in [4.69, 9.17) is 0 Å². The van der Waals surface area contributed by atoms with Crippen LogP contribution in [-0.4, -0.2) is 27.3 Å². The van der Waals surface area contributed by atoms with Crippen LogP contribution in [0.4, 0.5) is 0 Å². The molecule has 0 saturated heterocycles. The van der Waals surface area contributed by atoms with Gasteiger partial charge in [0.05, 0.1) is 5.75 Å². The number of rotatable bonds is 5. The van der Waals surface area contributed by atoms with Gasteiger partial charge in [-0.05, 0) is 31.1 Å². The van der Waals surface area contributed by atoms with Gasteiger partial charge in [-0.25, -0.2) is 4.98 Å². The zero-order valence-electron chi connectivity index (χ0n) is 12.9. The Morgan fingerprint density at radius 3 is 2.95 bits per heavy atom. The Labute approximate surface area is 131 Å². The number of hydrogen-bond acceptors (Lipinski definition) is 3. The average molecular weight is 307 g/mol. The normalized spacial score (nSPS) is 29.3. The minimum Gasteiger partial charge on any atom is -0.352 e. The van der Waals surface area contributed by atoms with Gasteiger partial charge >= 0.3 is 0 Å². The van der Waals surface area contributed by atoms with E-state index in [1.807, 2.05) is 12.4 Å². The van der Waals surface area contributed by atoms with Crippen LogP contribution in [0.2, 0.25) is 0 Å². The van der Waals surface area contributed by atoms with Crippen molar-refractivity contribution in [3.63, 3.8) is 0 Å². The van der Waals surface area contributed by atoms with Crippen LogP contribution < -0.4 is 5.32 Å². The van der Waals surface area contributed by atoms with Crippen LogP contribution in [0.5, 0.6) is 0 Å². The third kappa shape index (κ3) is 3.62. The molecule has 3 atom stereocenters. The van der Waals surface area contributed by atoms with Gasteiger partial charge in [0.15, 0.2) is 5.16 Å². The molecule has 1 heterocycles. The molecule has 1 aromatic rings. The summed E-state index contributed by atoms with van der Waals surface area (Å²) in [6, 6.07) is 0.974. The number of imidazole rings is 1. The van der Waals surface area contributed by atoms with Gasteiger partial charge < -0.3 is 9.88 Å². The topological polar surface area (TPSA) is 46.9 Å². The first-order valence-electron chi connectivity index (χ1n) is 8.10. The lowest BCUT2D eigenvalue weighted by molar-refractivity contribution is -0.120. The van der Waals surface area contributed by atoms with Gasteiger partial charge in [-0.15, -0.1) is 0 Å². The van der Waals surface area contributed by atoms with Gasteiger partial charge in [-0.2, -0.15) is 0 Å². The maximum absolute atomic E-state index is 12.2. The van der Waals surface area contributed by atoms with Crippen molar-refractivity contribution >= 4 is 17.7 Å². The first kappa shape index (κ1) is 14.9. The van der Waals surface area contributed by atoms with Gasteiger partial charge in [0, 0.05) is 24.5 Å². The Hall–Kier alpha value is -0.970. The van der Waals surface area contributed by atoms with Crippen LogP contribution in [0.1, 0.15) is 52.0 Å². The third-order valence-electron chi connectivity index (χ3n) is 4.96. The fraction of sp³-hybridized carbons (Fsp3) is 0.750. The van der Waals surface area contributed by atoms with Gasteiger partial charge in [0.2, 0.25) is 5.91 Å². The van der Waals surface area contributed by atoms with E-state index in [2.05, 4.69) is 28.7 Å². The van der Waals surface area contributed by atoms with E-state index < -0.39 is 0 Å². The predicted octanol–water partition coefficient (Wildman–Crippen LogP) is 3.25. The first-order chi connectivity index (χ1) is 10.1. The molecule has 0 aliphatic heterocycles. The second kappa shape index (κ2) is 6.42. The number of aromatic nitrogens is 2. The summed E-state index contributed by atoms with van der Waals surface area (Å²) < 4.78 is 2.21. The van der Waals surface area contributed by atoms with Crippen LogP contribution in [0.15, 0.2) is 17.6 Å². The van der Waals surface area contributed by atoms with Gasteiger partial charge in [0.1, 0.15) is 0 Å². The van der Waals surface area contributed by atoms with Gasteiger partial charge in [-0.3, -0.25) is 4.79 Å². The molecule has 1 amide bonds. The minimum atomic E-state index is 0.149. The van der Waals surface area contributed by atoms with E-state index in [-0.39, 0.29) is 5.91 Å². The smallest absolute Gasteiger partial charge is 0.230 e. The van der Waals surface area contributed by atoms with Gasteiger partial charge in [-0.1, -0.05) is 38.5 Å². The molecule has 0 spiro atoms. The molecule has 116 valence electrons. The summed E-state index contributed by atoms with van der Waals surface area (Å²) in [5, 5.41) is 4.21. The second-order valence-corrected chi connectivity index (χ2v) is 7.52. The number of nitrogens with one attached hydrogen (secondary N) is 1. The Kier molecular flexibility index (Phi) is 4.57. The van der Waals surface area contributed by atoms with Crippen molar-refractivity contribution in [2.75, 3.05) is 5.75 Å². The van der Waals surface area contributed by atoms with Crippen LogP contribution in [-0.2, 0) is 4.79 Å². The molecule has 2 aliphatic carbocycles. The highest BCUT2D eigenvalue weighted by molar-refractivity contribution is 7.99. The number of thioether (sulfide) groups is 1. The molecule has 0 unspecified atom stereocenters. The molecular weight excluding hydrogens is 282 g/mol. The fourth-order valence-corrected chi connectivity index (χ4v) is 4.04. The molecule has 1 N–H and O–H groups in total. The zero-order chi connectivity index (χ0) is 14.8. The monoisotopic (exact) mass is 307 g/mol. The maximum atomic E-state index is 12.2. The van der Waals surface area contributed by atoms with Crippen LogP contribution in [0, 0.1) is 11.8 Å². The standard InChI is InChI=1S/C16H25N3OS/c1-11-4-3-5-14(12(11)2)18-15(20)10-21-16-17-8-9-19(16)13-6-7-13/h8-9,11-14H,3-7,10H2,1-2H3,(H,18,20)/t11-,12-,14+/m1/s1. The van der Waals surface area contributed by atoms with Crippen molar-refractivity contribution in [1.29, 1.82) is 0 Å². The molecule has 2 aliphatic rings. The van der Waals surface area contributed by atoms with Crippen molar-refractivity contribution in [2.24, 2.45) is 11.8 Å². The van der Waals surface area contributed by atoms with Crippen molar-refractivity contribution in [3.8, 4) is 0 Å².